The number of rotatable bonds is 5. The van der Waals surface area contributed by atoms with E-state index < -0.39 is 24.0 Å². The van der Waals surface area contributed by atoms with E-state index in [2.05, 4.69) is 0 Å². The maximum atomic E-state index is 11.2. The SMILES string of the molecule is O=C(C=Cc1ccc(Cl)cc1)CC(=O)C(=O)O. The molecule has 0 aliphatic carbocycles. The Morgan fingerprint density at radius 1 is 1.18 bits per heavy atom. The lowest BCUT2D eigenvalue weighted by atomic mass is 10.1. The number of hydrogen-bond donors (Lipinski definition) is 1. The van der Waals surface area contributed by atoms with E-state index in [4.69, 9.17) is 16.7 Å². The van der Waals surface area contributed by atoms with Crippen LogP contribution in [-0.4, -0.2) is 22.6 Å². The van der Waals surface area contributed by atoms with Gasteiger partial charge in [0.15, 0.2) is 5.78 Å². The summed E-state index contributed by atoms with van der Waals surface area (Å²) in [6, 6.07) is 6.72. The van der Waals surface area contributed by atoms with E-state index in [1.54, 1.807) is 24.3 Å². The van der Waals surface area contributed by atoms with Gasteiger partial charge in [0.25, 0.3) is 0 Å². The van der Waals surface area contributed by atoms with E-state index in [9.17, 15) is 14.4 Å². The average Bonchev–Trinajstić information content (AvgIpc) is 2.28. The lowest BCUT2D eigenvalue weighted by molar-refractivity contribution is -0.149. The van der Waals surface area contributed by atoms with Crippen LogP contribution < -0.4 is 0 Å². The maximum absolute atomic E-state index is 11.2. The molecule has 0 bridgehead atoms. The van der Waals surface area contributed by atoms with Crippen molar-refractivity contribution in [3.05, 3.63) is 40.9 Å². The predicted octanol–water partition coefficient (Wildman–Crippen LogP) is 1.97. The third-order valence-electron chi connectivity index (χ3n) is 1.91. The quantitative estimate of drug-likeness (QED) is 0.494. The van der Waals surface area contributed by atoms with Gasteiger partial charge in [0, 0.05) is 5.02 Å². The predicted molar refractivity (Wildman–Crippen MR) is 62.8 cm³/mol. The minimum atomic E-state index is -1.60. The van der Waals surface area contributed by atoms with Crippen LogP contribution in [0.2, 0.25) is 5.02 Å². The Kier molecular flexibility index (Phi) is 4.60. The second-order valence-electron chi connectivity index (χ2n) is 3.26. The topological polar surface area (TPSA) is 71.4 Å². The molecule has 0 saturated heterocycles. The number of carbonyl (C=O) groups is 3. The summed E-state index contributed by atoms with van der Waals surface area (Å²) in [6.45, 7) is 0. The van der Waals surface area contributed by atoms with Gasteiger partial charge in [0.05, 0.1) is 6.42 Å². The van der Waals surface area contributed by atoms with Crippen LogP contribution in [-0.2, 0) is 14.4 Å². The summed E-state index contributed by atoms with van der Waals surface area (Å²) < 4.78 is 0. The molecule has 4 nitrogen and oxygen atoms in total. The average molecular weight is 253 g/mol. The second kappa shape index (κ2) is 5.96. The second-order valence-corrected chi connectivity index (χ2v) is 3.69. The van der Waals surface area contributed by atoms with Crippen LogP contribution in [0.25, 0.3) is 6.08 Å². The number of carboxylic acid groups (broad SMARTS) is 1. The third kappa shape index (κ3) is 4.61. The normalized spacial score (nSPS) is 10.4. The molecule has 0 unspecified atom stereocenters. The van der Waals surface area contributed by atoms with Crippen LogP contribution in [0, 0.1) is 0 Å². The van der Waals surface area contributed by atoms with Crippen molar-refractivity contribution in [1.29, 1.82) is 0 Å². The first-order valence-electron chi connectivity index (χ1n) is 4.71. The van der Waals surface area contributed by atoms with Crippen LogP contribution >= 0.6 is 11.6 Å². The Bertz CT molecular complexity index is 474. The van der Waals surface area contributed by atoms with Crippen LogP contribution in [0.15, 0.2) is 30.3 Å². The number of Topliss-reactive ketones (excluding diaryl/α,β-unsaturated/α-hetero) is 1. The lowest BCUT2D eigenvalue weighted by Crippen LogP contribution is -2.15. The monoisotopic (exact) mass is 252 g/mol. The number of aliphatic carboxylic acids is 1. The van der Waals surface area contributed by atoms with Gasteiger partial charge in [-0.2, -0.15) is 0 Å². The highest BCUT2D eigenvalue weighted by Crippen LogP contribution is 2.10. The fourth-order valence-corrected chi connectivity index (χ4v) is 1.18. The van der Waals surface area contributed by atoms with Crippen LogP contribution in [0.5, 0.6) is 0 Å². The summed E-state index contributed by atoms with van der Waals surface area (Å²) in [5, 5.41) is 8.88. The molecule has 0 radical (unpaired) electrons. The summed E-state index contributed by atoms with van der Waals surface area (Å²) in [4.78, 5) is 32.1. The zero-order chi connectivity index (χ0) is 12.8. The van der Waals surface area contributed by atoms with Crippen LogP contribution in [0.1, 0.15) is 12.0 Å². The first kappa shape index (κ1) is 13.1. The van der Waals surface area contributed by atoms with Gasteiger partial charge in [-0.15, -0.1) is 0 Å². The maximum Gasteiger partial charge on any atom is 0.372 e. The molecule has 1 aromatic carbocycles. The molecule has 0 aliphatic heterocycles. The lowest BCUT2D eigenvalue weighted by Gasteiger charge is -1.93. The summed E-state index contributed by atoms with van der Waals surface area (Å²) in [5.41, 5.74) is 0.741. The van der Waals surface area contributed by atoms with E-state index in [0.29, 0.717) is 5.02 Å². The summed E-state index contributed by atoms with van der Waals surface area (Å²) >= 11 is 5.68. The smallest absolute Gasteiger partial charge is 0.372 e. The molecule has 1 N–H and O–H groups in total. The molecule has 0 spiro atoms. The molecule has 0 aliphatic rings. The van der Waals surface area contributed by atoms with Crippen molar-refractivity contribution in [2.45, 2.75) is 6.42 Å². The highest BCUT2D eigenvalue weighted by Gasteiger charge is 2.14. The van der Waals surface area contributed by atoms with Crippen molar-refractivity contribution in [2.24, 2.45) is 0 Å². The van der Waals surface area contributed by atoms with Crippen molar-refractivity contribution in [3.8, 4) is 0 Å². The van der Waals surface area contributed by atoms with Crippen molar-refractivity contribution < 1.29 is 19.5 Å². The molecule has 0 heterocycles. The molecule has 17 heavy (non-hydrogen) atoms. The summed E-state index contributed by atoms with van der Waals surface area (Å²) in [6.07, 6.45) is 2.04. The van der Waals surface area contributed by atoms with Gasteiger partial charge in [-0.05, 0) is 23.8 Å². The number of allylic oxidation sites excluding steroid dienone is 1. The minimum Gasteiger partial charge on any atom is -0.475 e. The molecule has 1 rings (SSSR count). The zero-order valence-electron chi connectivity index (χ0n) is 8.72. The van der Waals surface area contributed by atoms with E-state index >= 15 is 0 Å². The first-order chi connectivity index (χ1) is 7.99. The van der Waals surface area contributed by atoms with Crippen molar-refractivity contribution in [3.63, 3.8) is 0 Å². The van der Waals surface area contributed by atoms with Gasteiger partial charge in [0.1, 0.15) is 0 Å². The number of halogens is 1. The number of benzene rings is 1. The standard InChI is InChI=1S/C12H9ClO4/c13-9-4-1-8(2-5-9)3-6-10(14)7-11(15)12(16)17/h1-6H,7H2,(H,16,17). The molecule has 0 aromatic heterocycles. The fourth-order valence-electron chi connectivity index (χ4n) is 1.06. The Morgan fingerprint density at radius 3 is 2.29 bits per heavy atom. The number of carbonyl (C=O) groups excluding carboxylic acids is 2. The van der Waals surface area contributed by atoms with Crippen molar-refractivity contribution >= 4 is 35.2 Å². The van der Waals surface area contributed by atoms with Gasteiger partial charge in [-0.3, -0.25) is 9.59 Å². The number of hydrogen-bond acceptors (Lipinski definition) is 3. The van der Waals surface area contributed by atoms with Crippen LogP contribution in [0.4, 0.5) is 0 Å². The summed E-state index contributed by atoms with van der Waals surface area (Å²) in [7, 11) is 0. The Morgan fingerprint density at radius 2 is 1.76 bits per heavy atom. The molecular formula is C12H9ClO4. The van der Waals surface area contributed by atoms with Gasteiger partial charge >= 0.3 is 5.97 Å². The molecule has 1 aromatic rings. The van der Waals surface area contributed by atoms with Crippen LogP contribution in [0.3, 0.4) is 0 Å². The van der Waals surface area contributed by atoms with Gasteiger partial charge in [-0.1, -0.05) is 29.8 Å². The van der Waals surface area contributed by atoms with Crippen molar-refractivity contribution in [1.82, 2.24) is 0 Å². The molecule has 88 valence electrons. The van der Waals surface area contributed by atoms with E-state index in [1.165, 1.54) is 12.2 Å². The molecule has 5 heteroatoms. The molecule has 0 atom stereocenters. The highest BCUT2D eigenvalue weighted by molar-refractivity contribution is 6.37. The minimum absolute atomic E-state index is 0.549. The summed E-state index contributed by atoms with van der Waals surface area (Å²) in [5.74, 6) is -3.26. The van der Waals surface area contributed by atoms with E-state index in [-0.39, 0.29) is 0 Å². The van der Waals surface area contributed by atoms with E-state index in [1.807, 2.05) is 0 Å². The van der Waals surface area contributed by atoms with Gasteiger partial charge in [0.2, 0.25) is 5.78 Å². The number of ketones is 2. The Hall–Kier alpha value is -1.94. The largest absolute Gasteiger partial charge is 0.475 e. The molecular weight excluding hydrogens is 244 g/mol. The molecule has 0 fully saturated rings. The zero-order valence-corrected chi connectivity index (χ0v) is 9.48. The number of carboxylic acids is 1. The fraction of sp³-hybridized carbons (Fsp3) is 0.0833. The Labute approximate surface area is 103 Å². The Balaban J connectivity index is 2.59. The van der Waals surface area contributed by atoms with Gasteiger partial charge < -0.3 is 5.11 Å². The van der Waals surface area contributed by atoms with E-state index in [0.717, 1.165) is 5.56 Å². The third-order valence-corrected chi connectivity index (χ3v) is 2.16. The molecule has 0 amide bonds. The first-order valence-corrected chi connectivity index (χ1v) is 5.09. The molecule has 0 saturated carbocycles. The van der Waals surface area contributed by atoms with Crippen molar-refractivity contribution in [2.75, 3.05) is 0 Å². The highest BCUT2D eigenvalue weighted by atomic mass is 35.5. The van der Waals surface area contributed by atoms with Gasteiger partial charge in [-0.25, -0.2) is 4.79 Å².